The summed E-state index contributed by atoms with van der Waals surface area (Å²) in [4.78, 5) is 14.8. The molecule has 166 valence electrons. The van der Waals surface area contributed by atoms with E-state index in [0.717, 1.165) is 24.8 Å². The van der Waals surface area contributed by atoms with Crippen LogP contribution < -0.4 is 0 Å². The molecular weight excluding hydrogens is 431 g/mol. The maximum absolute atomic E-state index is 13.5. The molecule has 1 aliphatic carbocycles. The summed E-state index contributed by atoms with van der Waals surface area (Å²) in [5.41, 5.74) is 3.12. The van der Waals surface area contributed by atoms with Crippen LogP contribution in [-0.4, -0.2) is 59.5 Å². The molecule has 0 spiro atoms. The Morgan fingerprint density at radius 1 is 0.938 bits per heavy atom. The number of rotatable bonds is 4. The van der Waals surface area contributed by atoms with Crippen molar-refractivity contribution in [2.75, 3.05) is 26.2 Å². The number of hydrogen-bond donors (Lipinski definition) is 0. The van der Waals surface area contributed by atoms with E-state index in [1.54, 1.807) is 41.4 Å². The summed E-state index contributed by atoms with van der Waals surface area (Å²) < 4.78 is 42.5. The third kappa shape index (κ3) is 3.82. The Bertz CT molecular complexity index is 1280. The molecule has 9 heteroatoms. The van der Waals surface area contributed by atoms with Crippen LogP contribution in [0.2, 0.25) is 0 Å². The molecular formula is C23H23FN4O3S. The number of sulfonamides is 1. The number of nitrogens with zero attached hydrogens (tertiary/aromatic N) is 4. The molecule has 2 aromatic carbocycles. The van der Waals surface area contributed by atoms with Gasteiger partial charge in [0.05, 0.1) is 10.6 Å². The smallest absolute Gasteiger partial charge is 0.274 e. The van der Waals surface area contributed by atoms with Crippen molar-refractivity contribution in [3.8, 4) is 5.69 Å². The predicted molar refractivity (Wildman–Crippen MR) is 117 cm³/mol. The number of carbonyl (C=O) groups excluding carboxylic acids is 1. The summed E-state index contributed by atoms with van der Waals surface area (Å²) in [5, 5.41) is 4.27. The van der Waals surface area contributed by atoms with Gasteiger partial charge in [-0.2, -0.15) is 9.40 Å². The highest BCUT2D eigenvalue weighted by Crippen LogP contribution is 2.27. The highest BCUT2D eigenvalue weighted by Gasteiger charge is 2.31. The molecule has 1 aliphatic heterocycles. The van der Waals surface area contributed by atoms with Gasteiger partial charge in [0.15, 0.2) is 5.69 Å². The first-order valence-corrected chi connectivity index (χ1v) is 12.1. The van der Waals surface area contributed by atoms with E-state index in [4.69, 9.17) is 0 Å². The van der Waals surface area contributed by atoms with Crippen LogP contribution in [0.4, 0.5) is 4.39 Å². The lowest BCUT2D eigenvalue weighted by atomic mass is 10.1. The van der Waals surface area contributed by atoms with Crippen molar-refractivity contribution in [1.82, 2.24) is 19.0 Å². The van der Waals surface area contributed by atoms with E-state index < -0.39 is 10.0 Å². The molecule has 2 heterocycles. The highest BCUT2D eigenvalue weighted by molar-refractivity contribution is 7.89. The molecule has 0 unspecified atom stereocenters. The topological polar surface area (TPSA) is 75.5 Å². The van der Waals surface area contributed by atoms with Gasteiger partial charge in [-0.05, 0) is 66.8 Å². The molecule has 0 radical (unpaired) electrons. The van der Waals surface area contributed by atoms with Gasteiger partial charge in [0, 0.05) is 32.4 Å². The minimum absolute atomic E-state index is 0.232. The molecule has 2 aliphatic rings. The zero-order chi connectivity index (χ0) is 22.3. The first kappa shape index (κ1) is 20.8. The second-order valence-corrected chi connectivity index (χ2v) is 10.0. The van der Waals surface area contributed by atoms with Crippen LogP contribution >= 0.6 is 0 Å². The minimum Gasteiger partial charge on any atom is -0.335 e. The van der Waals surface area contributed by atoms with Gasteiger partial charge in [0.1, 0.15) is 5.82 Å². The normalized spacial score (nSPS) is 16.8. The molecule has 1 amide bonds. The Morgan fingerprint density at radius 2 is 1.72 bits per heavy atom. The standard InChI is InChI=1S/C23H23FN4O3S/c24-19-5-2-6-20(16-19)28-10-9-22(25-28)23(29)26-11-13-27(14-12-26)32(30,31)21-8-7-17-3-1-4-18(17)15-21/h2,5-10,15-16H,1,3-4,11-14H2. The quantitative estimate of drug-likeness (QED) is 0.608. The molecule has 1 aromatic heterocycles. The first-order valence-electron chi connectivity index (χ1n) is 10.6. The number of carbonyl (C=O) groups is 1. The van der Waals surface area contributed by atoms with Crippen LogP contribution in [-0.2, 0) is 22.9 Å². The van der Waals surface area contributed by atoms with Gasteiger partial charge in [0.25, 0.3) is 5.91 Å². The molecule has 5 rings (SSSR count). The first-order chi connectivity index (χ1) is 15.4. The van der Waals surface area contributed by atoms with Crippen LogP contribution in [0, 0.1) is 5.82 Å². The van der Waals surface area contributed by atoms with E-state index in [0.29, 0.717) is 10.6 Å². The van der Waals surface area contributed by atoms with Gasteiger partial charge in [0.2, 0.25) is 10.0 Å². The maximum Gasteiger partial charge on any atom is 0.274 e. The fourth-order valence-electron chi connectivity index (χ4n) is 4.35. The summed E-state index contributed by atoms with van der Waals surface area (Å²) in [5.74, 6) is -0.652. The maximum atomic E-state index is 13.5. The van der Waals surface area contributed by atoms with E-state index in [1.807, 2.05) is 6.07 Å². The van der Waals surface area contributed by atoms with Crippen LogP contribution in [0.1, 0.15) is 28.0 Å². The van der Waals surface area contributed by atoms with Crippen LogP contribution in [0.5, 0.6) is 0 Å². The predicted octanol–water partition coefficient (Wildman–Crippen LogP) is 2.65. The molecule has 0 saturated carbocycles. The molecule has 1 saturated heterocycles. The van der Waals surface area contributed by atoms with E-state index >= 15 is 0 Å². The Balaban J connectivity index is 1.26. The van der Waals surface area contributed by atoms with E-state index in [-0.39, 0.29) is 43.6 Å². The molecule has 1 fully saturated rings. The van der Waals surface area contributed by atoms with Crippen LogP contribution in [0.15, 0.2) is 59.6 Å². The number of amides is 1. The number of benzene rings is 2. The number of fused-ring (bicyclic) bond motifs is 1. The van der Waals surface area contributed by atoms with Gasteiger partial charge in [-0.15, -0.1) is 0 Å². The second-order valence-electron chi connectivity index (χ2n) is 8.11. The van der Waals surface area contributed by atoms with E-state index in [1.165, 1.54) is 26.7 Å². The average molecular weight is 455 g/mol. The average Bonchev–Trinajstić information content (AvgIpc) is 3.48. The number of halogens is 1. The largest absolute Gasteiger partial charge is 0.335 e. The van der Waals surface area contributed by atoms with Gasteiger partial charge in [-0.1, -0.05) is 12.1 Å². The fraction of sp³-hybridized carbons (Fsp3) is 0.304. The monoisotopic (exact) mass is 454 g/mol. The number of aromatic nitrogens is 2. The summed E-state index contributed by atoms with van der Waals surface area (Å²) in [6, 6.07) is 13.0. The van der Waals surface area contributed by atoms with E-state index in [9.17, 15) is 17.6 Å². The molecule has 0 N–H and O–H groups in total. The Labute approximate surface area is 186 Å². The summed E-state index contributed by atoms with van der Waals surface area (Å²) >= 11 is 0. The summed E-state index contributed by atoms with van der Waals surface area (Å²) in [7, 11) is -3.59. The molecule has 0 atom stereocenters. The third-order valence-electron chi connectivity index (χ3n) is 6.11. The highest BCUT2D eigenvalue weighted by atomic mass is 32.2. The zero-order valence-electron chi connectivity index (χ0n) is 17.4. The lowest BCUT2D eigenvalue weighted by molar-refractivity contribution is 0.0691. The molecule has 7 nitrogen and oxygen atoms in total. The van der Waals surface area contributed by atoms with Crippen molar-refractivity contribution in [3.05, 3.63) is 77.4 Å². The van der Waals surface area contributed by atoms with Gasteiger partial charge < -0.3 is 4.90 Å². The summed E-state index contributed by atoms with van der Waals surface area (Å²) in [6.07, 6.45) is 4.60. The molecule has 32 heavy (non-hydrogen) atoms. The molecule has 3 aromatic rings. The minimum atomic E-state index is -3.59. The lowest BCUT2D eigenvalue weighted by Crippen LogP contribution is -2.50. The zero-order valence-corrected chi connectivity index (χ0v) is 18.3. The Kier molecular flexibility index (Phi) is 5.30. The van der Waals surface area contributed by atoms with Crippen molar-refractivity contribution in [2.45, 2.75) is 24.2 Å². The van der Waals surface area contributed by atoms with Crippen molar-refractivity contribution in [1.29, 1.82) is 0 Å². The van der Waals surface area contributed by atoms with Crippen molar-refractivity contribution in [2.24, 2.45) is 0 Å². The van der Waals surface area contributed by atoms with Gasteiger partial charge in [-0.3, -0.25) is 4.79 Å². The lowest BCUT2D eigenvalue weighted by Gasteiger charge is -2.33. The summed E-state index contributed by atoms with van der Waals surface area (Å²) in [6.45, 7) is 1.04. The Morgan fingerprint density at radius 3 is 2.50 bits per heavy atom. The van der Waals surface area contributed by atoms with Gasteiger partial charge in [-0.25, -0.2) is 17.5 Å². The van der Waals surface area contributed by atoms with Crippen molar-refractivity contribution >= 4 is 15.9 Å². The number of aryl methyl sites for hydroxylation is 2. The third-order valence-corrected chi connectivity index (χ3v) is 8.01. The van der Waals surface area contributed by atoms with E-state index in [2.05, 4.69) is 5.10 Å². The Hall–Kier alpha value is -3.04. The van der Waals surface area contributed by atoms with Crippen molar-refractivity contribution < 1.29 is 17.6 Å². The van der Waals surface area contributed by atoms with Gasteiger partial charge >= 0.3 is 0 Å². The SMILES string of the molecule is O=C(c1ccn(-c2cccc(F)c2)n1)N1CCN(S(=O)(=O)c2ccc3c(c2)CCC3)CC1. The fourth-order valence-corrected chi connectivity index (χ4v) is 5.83. The number of piperazine rings is 1. The van der Waals surface area contributed by atoms with Crippen LogP contribution in [0.25, 0.3) is 5.69 Å². The molecule has 0 bridgehead atoms. The second kappa shape index (κ2) is 8.14. The number of hydrogen-bond acceptors (Lipinski definition) is 4. The van der Waals surface area contributed by atoms with Crippen LogP contribution in [0.3, 0.4) is 0 Å². The van der Waals surface area contributed by atoms with Crippen molar-refractivity contribution in [3.63, 3.8) is 0 Å².